The zero-order valence-electron chi connectivity index (χ0n) is 13.4. The Bertz CT molecular complexity index is 615. The van der Waals surface area contributed by atoms with Gasteiger partial charge in [0.2, 0.25) is 0 Å². The van der Waals surface area contributed by atoms with Crippen LogP contribution in [-0.4, -0.2) is 11.4 Å². The van der Waals surface area contributed by atoms with Gasteiger partial charge >= 0.3 is 0 Å². The summed E-state index contributed by atoms with van der Waals surface area (Å²) in [5, 5.41) is 2.89. The lowest BCUT2D eigenvalue weighted by Gasteiger charge is -2.19. The van der Waals surface area contributed by atoms with Gasteiger partial charge in [-0.15, -0.1) is 0 Å². The summed E-state index contributed by atoms with van der Waals surface area (Å²) >= 11 is 0. The molecule has 0 unspecified atom stereocenters. The first-order valence-electron chi connectivity index (χ1n) is 7.29. The molecule has 0 saturated heterocycles. The van der Waals surface area contributed by atoms with E-state index in [-0.39, 0.29) is 11.4 Å². The monoisotopic (exact) mass is 285 g/mol. The molecule has 1 N–H and O–H groups in total. The molecular weight excluding hydrogens is 262 g/mol. The second-order valence-electron chi connectivity index (χ2n) is 6.64. The fourth-order valence-corrected chi connectivity index (χ4v) is 2.05. The van der Waals surface area contributed by atoms with E-state index in [1.165, 1.54) is 5.56 Å². The van der Waals surface area contributed by atoms with Gasteiger partial charge < -0.3 is 9.73 Å². The van der Waals surface area contributed by atoms with Crippen LogP contribution in [-0.2, 0) is 0 Å². The van der Waals surface area contributed by atoms with Crippen LogP contribution in [0.5, 0.6) is 0 Å². The van der Waals surface area contributed by atoms with Gasteiger partial charge in [0, 0.05) is 11.1 Å². The fourth-order valence-electron chi connectivity index (χ4n) is 2.05. The predicted molar refractivity (Wildman–Crippen MR) is 85.5 cm³/mol. The van der Waals surface area contributed by atoms with Crippen LogP contribution in [0.1, 0.15) is 56.7 Å². The molecule has 0 fully saturated rings. The molecule has 0 saturated carbocycles. The van der Waals surface area contributed by atoms with Crippen LogP contribution in [0.3, 0.4) is 0 Å². The van der Waals surface area contributed by atoms with E-state index in [1.54, 1.807) is 6.07 Å². The van der Waals surface area contributed by atoms with Gasteiger partial charge in [0.25, 0.3) is 5.91 Å². The summed E-state index contributed by atoms with van der Waals surface area (Å²) in [5.74, 6) is 1.37. The number of hydrogen-bond acceptors (Lipinski definition) is 2. The van der Waals surface area contributed by atoms with Crippen LogP contribution in [0.4, 0.5) is 0 Å². The molecule has 1 aromatic heterocycles. The molecule has 0 aliphatic carbocycles. The molecule has 0 atom stereocenters. The number of hydrogen-bond donors (Lipinski definition) is 1. The number of amides is 1. The molecule has 1 aromatic carbocycles. The van der Waals surface area contributed by atoms with Crippen LogP contribution in [0.25, 0.3) is 11.3 Å². The first-order chi connectivity index (χ1) is 9.76. The molecule has 2 rings (SSSR count). The maximum absolute atomic E-state index is 12.0. The Balaban J connectivity index is 2.18. The van der Waals surface area contributed by atoms with Crippen molar-refractivity contribution in [3.8, 4) is 11.3 Å². The Morgan fingerprint density at radius 2 is 1.67 bits per heavy atom. The third-order valence-corrected chi connectivity index (χ3v) is 3.18. The maximum Gasteiger partial charge on any atom is 0.287 e. The topological polar surface area (TPSA) is 42.2 Å². The molecule has 2 aromatic rings. The van der Waals surface area contributed by atoms with Gasteiger partial charge in [-0.3, -0.25) is 4.79 Å². The molecule has 0 aliphatic rings. The van der Waals surface area contributed by atoms with Gasteiger partial charge in [0.15, 0.2) is 5.76 Å². The molecule has 0 radical (unpaired) electrons. The van der Waals surface area contributed by atoms with Gasteiger partial charge in [-0.25, -0.2) is 0 Å². The minimum atomic E-state index is -0.275. The Kier molecular flexibility index (Phi) is 4.21. The van der Waals surface area contributed by atoms with E-state index in [0.717, 1.165) is 5.56 Å². The summed E-state index contributed by atoms with van der Waals surface area (Å²) in [4.78, 5) is 12.0. The maximum atomic E-state index is 12.0. The molecule has 0 aliphatic heterocycles. The van der Waals surface area contributed by atoms with Crippen molar-refractivity contribution in [3.05, 3.63) is 47.7 Å². The van der Waals surface area contributed by atoms with Gasteiger partial charge in [0.1, 0.15) is 5.76 Å². The molecule has 21 heavy (non-hydrogen) atoms. The van der Waals surface area contributed by atoms with Crippen LogP contribution < -0.4 is 5.32 Å². The normalized spacial score (nSPS) is 11.7. The second-order valence-corrected chi connectivity index (χ2v) is 6.64. The first-order valence-corrected chi connectivity index (χ1v) is 7.29. The van der Waals surface area contributed by atoms with E-state index >= 15 is 0 Å². The smallest absolute Gasteiger partial charge is 0.287 e. The van der Waals surface area contributed by atoms with Crippen molar-refractivity contribution in [2.24, 2.45) is 0 Å². The van der Waals surface area contributed by atoms with Crippen molar-refractivity contribution in [3.63, 3.8) is 0 Å². The van der Waals surface area contributed by atoms with E-state index in [0.29, 0.717) is 17.4 Å². The summed E-state index contributed by atoms with van der Waals surface area (Å²) in [6.45, 7) is 10.2. The molecule has 0 spiro atoms. The highest BCUT2D eigenvalue weighted by molar-refractivity contribution is 5.92. The number of nitrogens with one attached hydrogen (secondary N) is 1. The van der Waals surface area contributed by atoms with Gasteiger partial charge in [-0.05, 0) is 44.4 Å². The van der Waals surface area contributed by atoms with Crippen molar-refractivity contribution in [1.29, 1.82) is 0 Å². The third kappa shape index (κ3) is 3.97. The highest BCUT2D eigenvalue weighted by Crippen LogP contribution is 2.24. The summed E-state index contributed by atoms with van der Waals surface area (Å²) in [6.07, 6.45) is 0. The highest BCUT2D eigenvalue weighted by Gasteiger charge is 2.18. The van der Waals surface area contributed by atoms with Crippen LogP contribution >= 0.6 is 0 Å². The molecular formula is C18H23NO2. The van der Waals surface area contributed by atoms with Gasteiger partial charge in [-0.2, -0.15) is 0 Å². The summed E-state index contributed by atoms with van der Waals surface area (Å²) in [6, 6.07) is 11.8. The lowest BCUT2D eigenvalue weighted by atomic mass is 10.0. The largest absolute Gasteiger partial charge is 0.451 e. The lowest BCUT2D eigenvalue weighted by molar-refractivity contribution is 0.0892. The Morgan fingerprint density at radius 3 is 2.19 bits per heavy atom. The Hall–Kier alpha value is -2.03. The van der Waals surface area contributed by atoms with Crippen molar-refractivity contribution >= 4 is 5.91 Å². The number of carbonyl (C=O) groups is 1. The zero-order chi connectivity index (χ0) is 15.6. The van der Waals surface area contributed by atoms with E-state index in [2.05, 4.69) is 31.3 Å². The zero-order valence-corrected chi connectivity index (χ0v) is 13.4. The number of rotatable bonds is 3. The van der Waals surface area contributed by atoms with Crippen LogP contribution in [0, 0.1) is 0 Å². The predicted octanol–water partition coefficient (Wildman–Crippen LogP) is 4.60. The SMILES string of the molecule is CC(C)c1ccc(-c2ccc(C(=O)NC(C)(C)C)o2)cc1. The number of carbonyl (C=O) groups excluding carboxylic acids is 1. The summed E-state index contributed by atoms with van der Waals surface area (Å²) in [5.41, 5.74) is 1.99. The molecule has 1 amide bonds. The minimum Gasteiger partial charge on any atom is -0.451 e. The summed E-state index contributed by atoms with van der Waals surface area (Å²) in [7, 11) is 0. The minimum absolute atomic E-state index is 0.187. The van der Waals surface area contributed by atoms with Crippen molar-refractivity contribution < 1.29 is 9.21 Å². The Morgan fingerprint density at radius 1 is 1.05 bits per heavy atom. The van der Waals surface area contributed by atoms with Crippen LogP contribution in [0.15, 0.2) is 40.8 Å². The average Bonchev–Trinajstić information content (AvgIpc) is 2.86. The van der Waals surface area contributed by atoms with Gasteiger partial charge in [0.05, 0.1) is 0 Å². The molecule has 3 nitrogen and oxygen atoms in total. The van der Waals surface area contributed by atoms with Crippen molar-refractivity contribution in [1.82, 2.24) is 5.32 Å². The summed E-state index contributed by atoms with van der Waals surface area (Å²) < 4.78 is 5.67. The quantitative estimate of drug-likeness (QED) is 0.895. The van der Waals surface area contributed by atoms with Crippen molar-refractivity contribution in [2.45, 2.75) is 46.1 Å². The van der Waals surface area contributed by atoms with Crippen LogP contribution in [0.2, 0.25) is 0 Å². The molecule has 0 bridgehead atoms. The standard InChI is InChI=1S/C18H23NO2/c1-12(2)13-6-8-14(9-7-13)15-10-11-16(21-15)17(20)19-18(3,4)5/h6-12H,1-5H3,(H,19,20). The fraction of sp³-hybridized carbons (Fsp3) is 0.389. The van der Waals surface area contributed by atoms with Gasteiger partial charge in [-0.1, -0.05) is 38.1 Å². The molecule has 3 heteroatoms. The van der Waals surface area contributed by atoms with E-state index in [4.69, 9.17) is 4.42 Å². The number of benzene rings is 1. The molecule has 112 valence electrons. The molecule has 1 heterocycles. The first kappa shape index (κ1) is 15.4. The number of furan rings is 1. The Labute approximate surface area is 126 Å². The van der Waals surface area contributed by atoms with E-state index in [1.807, 2.05) is 39.0 Å². The van der Waals surface area contributed by atoms with E-state index in [9.17, 15) is 4.79 Å². The van der Waals surface area contributed by atoms with Crippen molar-refractivity contribution in [2.75, 3.05) is 0 Å². The third-order valence-electron chi connectivity index (χ3n) is 3.18. The average molecular weight is 285 g/mol. The highest BCUT2D eigenvalue weighted by atomic mass is 16.3. The van der Waals surface area contributed by atoms with E-state index < -0.39 is 0 Å². The second kappa shape index (κ2) is 5.76. The lowest BCUT2D eigenvalue weighted by Crippen LogP contribution is -2.40.